The van der Waals surface area contributed by atoms with Crippen LogP contribution in [-0.4, -0.2) is 34.4 Å². The molecule has 0 aliphatic carbocycles. The van der Waals surface area contributed by atoms with Crippen LogP contribution in [0.3, 0.4) is 0 Å². The average molecular weight is 275 g/mol. The van der Waals surface area contributed by atoms with E-state index in [4.69, 9.17) is 0 Å². The minimum absolute atomic E-state index is 0.0892. The van der Waals surface area contributed by atoms with Gasteiger partial charge in [0.2, 0.25) is 0 Å². The van der Waals surface area contributed by atoms with Crippen molar-refractivity contribution in [3.8, 4) is 0 Å². The number of fused-ring (bicyclic) bond motifs is 1. The Labute approximate surface area is 118 Å². The van der Waals surface area contributed by atoms with E-state index < -0.39 is 0 Å². The van der Waals surface area contributed by atoms with E-state index in [1.54, 1.807) is 12.3 Å². The molecule has 1 heterocycles. The van der Waals surface area contributed by atoms with Crippen LogP contribution in [0.2, 0.25) is 0 Å². The number of rotatable bonds is 6. The largest absolute Gasteiger partial charge is 0.396 e. The zero-order valence-corrected chi connectivity index (χ0v) is 11.9. The first-order chi connectivity index (χ1) is 9.53. The number of nitrogens with zero attached hydrogens (tertiary/aromatic N) is 1. The Morgan fingerprint density at radius 1 is 1.45 bits per heavy atom. The second-order valence-corrected chi connectivity index (χ2v) is 5.82. The van der Waals surface area contributed by atoms with Gasteiger partial charge in [-0.15, -0.1) is 0 Å². The first-order valence-electron chi connectivity index (χ1n) is 6.85. The third-order valence-electron chi connectivity index (χ3n) is 3.47. The smallest absolute Gasteiger partial charge is 0.253 e. The van der Waals surface area contributed by atoms with Gasteiger partial charge in [0.25, 0.3) is 5.91 Å². The Morgan fingerprint density at radius 3 is 3.00 bits per heavy atom. The van der Waals surface area contributed by atoms with Crippen molar-refractivity contribution in [3.05, 3.63) is 30.0 Å². The maximum Gasteiger partial charge on any atom is 0.253 e. The van der Waals surface area contributed by atoms with E-state index in [2.05, 4.69) is 15.5 Å². The molecule has 1 aromatic heterocycles. The van der Waals surface area contributed by atoms with Gasteiger partial charge in [0.15, 0.2) is 0 Å². The normalized spacial score (nSPS) is 11.8. The summed E-state index contributed by atoms with van der Waals surface area (Å²) in [6, 6.07) is 5.55. The fourth-order valence-corrected chi connectivity index (χ4v) is 2.10. The Kier molecular flexibility index (Phi) is 4.39. The summed E-state index contributed by atoms with van der Waals surface area (Å²) in [4.78, 5) is 12.1. The number of aliphatic hydroxyl groups excluding tert-OH is 1. The summed E-state index contributed by atoms with van der Waals surface area (Å²) in [6.45, 7) is 4.79. The van der Waals surface area contributed by atoms with Gasteiger partial charge in [0.1, 0.15) is 0 Å². The molecular weight excluding hydrogens is 254 g/mol. The molecule has 2 aromatic rings. The summed E-state index contributed by atoms with van der Waals surface area (Å²) in [5.41, 5.74) is 1.29. The topological polar surface area (TPSA) is 78.0 Å². The fraction of sp³-hybridized carbons (Fsp3) is 0.467. The molecule has 108 valence electrons. The quantitative estimate of drug-likeness (QED) is 0.706. The van der Waals surface area contributed by atoms with Gasteiger partial charge in [0.05, 0.1) is 17.3 Å². The summed E-state index contributed by atoms with van der Waals surface area (Å²) in [5.74, 6) is -0.0957. The Balaban J connectivity index is 1.91. The summed E-state index contributed by atoms with van der Waals surface area (Å²) in [7, 11) is 0. The lowest BCUT2D eigenvalue weighted by molar-refractivity contribution is 0.0950. The number of carbonyl (C=O) groups excluding carboxylic acids is 1. The van der Waals surface area contributed by atoms with Gasteiger partial charge < -0.3 is 10.4 Å². The van der Waals surface area contributed by atoms with Crippen molar-refractivity contribution in [2.75, 3.05) is 13.2 Å². The Hall–Kier alpha value is -1.88. The summed E-state index contributed by atoms with van der Waals surface area (Å²) in [6.07, 6.45) is 3.42. The van der Waals surface area contributed by atoms with Gasteiger partial charge in [-0.3, -0.25) is 9.89 Å². The van der Waals surface area contributed by atoms with E-state index in [0.717, 1.165) is 23.7 Å². The standard InChI is InChI=1S/C15H21N3O2/c1-15(2,10-19)7-4-8-16-14(20)12-6-3-5-11-9-17-18-13(11)12/h3,5-6,9,19H,4,7-8,10H2,1-2H3,(H,16,20)(H,17,18). The molecule has 0 spiro atoms. The highest BCUT2D eigenvalue weighted by Gasteiger charge is 2.16. The summed E-state index contributed by atoms with van der Waals surface area (Å²) < 4.78 is 0. The molecule has 1 amide bonds. The number of nitrogens with one attached hydrogen (secondary N) is 2. The molecule has 0 saturated heterocycles. The maximum atomic E-state index is 12.1. The first kappa shape index (κ1) is 14.5. The van der Waals surface area contributed by atoms with Crippen LogP contribution in [0, 0.1) is 5.41 Å². The van der Waals surface area contributed by atoms with Crippen LogP contribution in [-0.2, 0) is 0 Å². The average Bonchev–Trinajstić information content (AvgIpc) is 2.91. The van der Waals surface area contributed by atoms with Crippen molar-refractivity contribution in [1.29, 1.82) is 0 Å². The van der Waals surface area contributed by atoms with Crippen LogP contribution in [0.15, 0.2) is 24.4 Å². The monoisotopic (exact) mass is 275 g/mol. The molecule has 0 fully saturated rings. The molecule has 0 unspecified atom stereocenters. The van der Waals surface area contributed by atoms with Gasteiger partial charge in [-0.25, -0.2) is 0 Å². The highest BCUT2D eigenvalue weighted by molar-refractivity contribution is 6.05. The third-order valence-corrected chi connectivity index (χ3v) is 3.47. The second kappa shape index (κ2) is 6.05. The van der Waals surface area contributed by atoms with Crippen LogP contribution in [0.4, 0.5) is 0 Å². The SMILES string of the molecule is CC(C)(CO)CCCNC(=O)c1cccc2cn[nH]c12. The number of aromatic amines is 1. The van der Waals surface area contributed by atoms with Crippen molar-refractivity contribution in [3.63, 3.8) is 0 Å². The zero-order chi connectivity index (χ0) is 14.6. The van der Waals surface area contributed by atoms with Gasteiger partial charge in [0, 0.05) is 18.5 Å². The Morgan fingerprint density at radius 2 is 2.25 bits per heavy atom. The van der Waals surface area contributed by atoms with Crippen LogP contribution >= 0.6 is 0 Å². The molecule has 0 bridgehead atoms. The number of amides is 1. The number of para-hydroxylation sites is 1. The van der Waals surface area contributed by atoms with Crippen molar-refractivity contribution >= 4 is 16.8 Å². The number of hydrogen-bond acceptors (Lipinski definition) is 3. The molecule has 1 aromatic carbocycles. The van der Waals surface area contributed by atoms with E-state index in [9.17, 15) is 9.90 Å². The fourth-order valence-electron chi connectivity index (χ4n) is 2.10. The highest BCUT2D eigenvalue weighted by atomic mass is 16.3. The van der Waals surface area contributed by atoms with Crippen LogP contribution in [0.25, 0.3) is 10.9 Å². The van der Waals surface area contributed by atoms with Gasteiger partial charge in [-0.2, -0.15) is 5.10 Å². The van der Waals surface area contributed by atoms with E-state index in [-0.39, 0.29) is 17.9 Å². The lowest BCUT2D eigenvalue weighted by atomic mass is 9.89. The molecular formula is C15H21N3O2. The van der Waals surface area contributed by atoms with E-state index in [1.165, 1.54) is 0 Å². The number of aliphatic hydroxyl groups is 1. The number of H-pyrrole nitrogens is 1. The lowest BCUT2D eigenvalue weighted by Crippen LogP contribution is -2.26. The molecule has 2 rings (SSSR count). The number of aromatic nitrogens is 2. The minimum atomic E-state index is -0.0957. The van der Waals surface area contributed by atoms with Crippen molar-refractivity contribution in [2.24, 2.45) is 5.41 Å². The molecule has 0 aliphatic rings. The summed E-state index contributed by atoms with van der Waals surface area (Å²) in [5, 5.41) is 19.8. The first-order valence-corrected chi connectivity index (χ1v) is 6.85. The number of carbonyl (C=O) groups is 1. The zero-order valence-electron chi connectivity index (χ0n) is 11.9. The summed E-state index contributed by atoms with van der Waals surface area (Å²) >= 11 is 0. The van der Waals surface area contributed by atoms with Gasteiger partial charge in [-0.05, 0) is 24.3 Å². The highest BCUT2D eigenvalue weighted by Crippen LogP contribution is 2.20. The number of hydrogen-bond donors (Lipinski definition) is 3. The number of benzene rings is 1. The van der Waals surface area contributed by atoms with Crippen molar-refractivity contribution in [1.82, 2.24) is 15.5 Å². The van der Waals surface area contributed by atoms with E-state index in [0.29, 0.717) is 12.1 Å². The van der Waals surface area contributed by atoms with Crippen LogP contribution in [0.5, 0.6) is 0 Å². The molecule has 20 heavy (non-hydrogen) atoms. The molecule has 3 N–H and O–H groups in total. The third kappa shape index (κ3) is 3.36. The minimum Gasteiger partial charge on any atom is -0.396 e. The Bertz CT molecular complexity index is 590. The van der Waals surface area contributed by atoms with Gasteiger partial charge >= 0.3 is 0 Å². The molecule has 5 nitrogen and oxygen atoms in total. The molecule has 0 atom stereocenters. The van der Waals surface area contributed by atoms with Crippen LogP contribution in [0.1, 0.15) is 37.0 Å². The van der Waals surface area contributed by atoms with Gasteiger partial charge in [-0.1, -0.05) is 26.0 Å². The van der Waals surface area contributed by atoms with Crippen molar-refractivity contribution in [2.45, 2.75) is 26.7 Å². The van der Waals surface area contributed by atoms with E-state index in [1.807, 2.05) is 26.0 Å². The van der Waals surface area contributed by atoms with Crippen molar-refractivity contribution < 1.29 is 9.90 Å². The predicted octanol–water partition coefficient (Wildman–Crippen LogP) is 2.09. The molecule has 0 aliphatic heterocycles. The maximum absolute atomic E-state index is 12.1. The molecule has 5 heteroatoms. The lowest BCUT2D eigenvalue weighted by Gasteiger charge is -2.21. The second-order valence-electron chi connectivity index (χ2n) is 5.82. The predicted molar refractivity (Wildman–Crippen MR) is 78.5 cm³/mol. The van der Waals surface area contributed by atoms with Crippen LogP contribution < -0.4 is 5.32 Å². The molecule has 0 radical (unpaired) electrons. The van der Waals surface area contributed by atoms with E-state index >= 15 is 0 Å². The molecule has 0 saturated carbocycles.